The molecule has 1 N–H and O–H groups in total. The third-order valence-electron chi connectivity index (χ3n) is 5.43. The van der Waals surface area contributed by atoms with Gasteiger partial charge in [-0.3, -0.25) is 14.2 Å². The van der Waals surface area contributed by atoms with Gasteiger partial charge in [0.1, 0.15) is 0 Å². The number of amides is 2. The van der Waals surface area contributed by atoms with Gasteiger partial charge in [0.05, 0.1) is 22.9 Å². The minimum absolute atomic E-state index is 0.0168. The van der Waals surface area contributed by atoms with Crippen LogP contribution in [-0.2, 0) is 17.8 Å². The van der Waals surface area contributed by atoms with E-state index in [1.807, 2.05) is 51.2 Å². The number of thiophene rings is 1. The Morgan fingerprint density at radius 2 is 1.97 bits per heavy atom. The molecule has 0 fully saturated rings. The van der Waals surface area contributed by atoms with Crippen molar-refractivity contribution in [1.29, 1.82) is 0 Å². The van der Waals surface area contributed by atoms with Gasteiger partial charge >= 0.3 is 0 Å². The Labute approximate surface area is 209 Å². The van der Waals surface area contributed by atoms with Crippen molar-refractivity contribution in [2.75, 3.05) is 17.2 Å². The molecule has 0 radical (unpaired) electrons. The highest BCUT2D eigenvalue weighted by molar-refractivity contribution is 7.99. The standard InChI is InChI=1S/C24H20ClN5O2S2/c25-17-6-3-7-18(13-17)30-21(14-26-23(32)20-9-4-12-33-20)27-28-24(30)34-15-22(31)29-11-10-16-5-1-2-8-19(16)29/h1-9,12-13H,10-11,14-15H2,(H,26,32). The normalized spacial score (nSPS) is 12.6. The van der Waals surface area contributed by atoms with Crippen LogP contribution in [0.2, 0.25) is 5.02 Å². The van der Waals surface area contributed by atoms with Gasteiger partial charge in [-0.1, -0.05) is 53.7 Å². The number of halogens is 1. The Morgan fingerprint density at radius 1 is 1.09 bits per heavy atom. The van der Waals surface area contributed by atoms with Gasteiger partial charge in [-0.25, -0.2) is 0 Å². The molecule has 0 bridgehead atoms. The third-order valence-corrected chi connectivity index (χ3v) is 7.45. The second-order valence-corrected chi connectivity index (χ2v) is 9.91. The number of hydrogen-bond donors (Lipinski definition) is 1. The summed E-state index contributed by atoms with van der Waals surface area (Å²) >= 11 is 8.92. The summed E-state index contributed by atoms with van der Waals surface area (Å²) in [6.45, 7) is 0.865. The zero-order chi connectivity index (χ0) is 23.5. The van der Waals surface area contributed by atoms with Gasteiger partial charge in [0.2, 0.25) is 5.91 Å². The van der Waals surface area contributed by atoms with E-state index in [9.17, 15) is 9.59 Å². The van der Waals surface area contributed by atoms with E-state index in [4.69, 9.17) is 11.6 Å². The van der Waals surface area contributed by atoms with Crippen molar-refractivity contribution in [3.05, 3.63) is 87.3 Å². The van der Waals surface area contributed by atoms with Gasteiger partial charge in [0.25, 0.3) is 5.91 Å². The predicted octanol–water partition coefficient (Wildman–Crippen LogP) is 4.59. The van der Waals surface area contributed by atoms with Crippen LogP contribution in [0.15, 0.2) is 71.2 Å². The molecule has 0 aliphatic carbocycles. The smallest absolute Gasteiger partial charge is 0.261 e. The SMILES string of the molecule is O=C(NCc1nnc(SCC(=O)N2CCc3ccccc32)n1-c1cccc(Cl)c1)c1cccs1. The molecule has 10 heteroatoms. The van der Waals surface area contributed by atoms with Crippen LogP contribution < -0.4 is 10.2 Å². The highest BCUT2D eigenvalue weighted by atomic mass is 35.5. The zero-order valence-corrected chi connectivity index (χ0v) is 20.4. The lowest BCUT2D eigenvalue weighted by atomic mass is 10.2. The fourth-order valence-corrected chi connectivity index (χ4v) is 5.51. The van der Waals surface area contributed by atoms with Crippen LogP contribution in [0, 0.1) is 0 Å². The number of anilines is 1. The van der Waals surface area contributed by atoms with Gasteiger partial charge in [0, 0.05) is 17.3 Å². The van der Waals surface area contributed by atoms with E-state index >= 15 is 0 Å². The van der Waals surface area contributed by atoms with Gasteiger partial charge in [-0.2, -0.15) is 0 Å². The van der Waals surface area contributed by atoms with E-state index in [0.29, 0.717) is 27.4 Å². The first kappa shape index (κ1) is 22.6. The molecule has 1 aliphatic rings. The van der Waals surface area contributed by atoms with Gasteiger partial charge in [0.15, 0.2) is 11.0 Å². The van der Waals surface area contributed by atoms with Crippen molar-refractivity contribution in [3.8, 4) is 5.69 Å². The number of aromatic nitrogens is 3. The van der Waals surface area contributed by atoms with Crippen LogP contribution in [0.25, 0.3) is 5.69 Å². The molecule has 0 saturated heterocycles. The molecule has 0 atom stereocenters. The summed E-state index contributed by atoms with van der Waals surface area (Å²) in [4.78, 5) is 27.9. The molecule has 0 spiro atoms. The molecule has 34 heavy (non-hydrogen) atoms. The van der Waals surface area contributed by atoms with Gasteiger partial charge in [-0.05, 0) is 47.7 Å². The Kier molecular flexibility index (Phi) is 6.66. The molecule has 2 amide bonds. The topological polar surface area (TPSA) is 80.1 Å². The van der Waals surface area contributed by atoms with Crippen LogP contribution >= 0.6 is 34.7 Å². The first-order chi connectivity index (χ1) is 16.6. The number of rotatable bonds is 7. The van der Waals surface area contributed by atoms with Gasteiger partial charge < -0.3 is 10.2 Å². The van der Waals surface area contributed by atoms with Crippen molar-refractivity contribution < 1.29 is 9.59 Å². The molecule has 3 heterocycles. The van der Waals surface area contributed by atoms with Crippen molar-refractivity contribution in [2.24, 2.45) is 0 Å². The Morgan fingerprint density at radius 3 is 2.79 bits per heavy atom. The third kappa shape index (κ3) is 4.72. The highest BCUT2D eigenvalue weighted by Crippen LogP contribution is 2.29. The van der Waals surface area contributed by atoms with Crippen LogP contribution in [-0.4, -0.2) is 38.9 Å². The molecular weight excluding hydrogens is 490 g/mol. The molecule has 7 nitrogen and oxygen atoms in total. The van der Waals surface area contributed by atoms with Crippen LogP contribution in [0.3, 0.4) is 0 Å². The fraction of sp³-hybridized carbons (Fsp3) is 0.167. The summed E-state index contributed by atoms with van der Waals surface area (Å²) in [5.74, 6) is 0.610. The number of carbonyl (C=O) groups is 2. The van der Waals surface area contributed by atoms with E-state index in [1.165, 1.54) is 28.7 Å². The van der Waals surface area contributed by atoms with Crippen molar-refractivity contribution in [3.63, 3.8) is 0 Å². The van der Waals surface area contributed by atoms with Crippen molar-refractivity contribution >= 4 is 52.2 Å². The molecule has 2 aromatic carbocycles. The summed E-state index contributed by atoms with van der Waals surface area (Å²) in [5.41, 5.74) is 2.92. The number of para-hydroxylation sites is 1. The first-order valence-corrected chi connectivity index (χ1v) is 12.9. The van der Waals surface area contributed by atoms with Crippen molar-refractivity contribution in [2.45, 2.75) is 18.1 Å². The Hall–Kier alpha value is -3.14. The zero-order valence-electron chi connectivity index (χ0n) is 18.0. The van der Waals surface area contributed by atoms with Gasteiger partial charge in [-0.15, -0.1) is 21.5 Å². The number of thioether (sulfide) groups is 1. The first-order valence-electron chi connectivity index (χ1n) is 10.6. The van der Waals surface area contributed by atoms with E-state index in [2.05, 4.69) is 21.6 Å². The van der Waals surface area contributed by atoms with Crippen LogP contribution in [0.4, 0.5) is 5.69 Å². The monoisotopic (exact) mass is 509 g/mol. The summed E-state index contributed by atoms with van der Waals surface area (Å²) in [5, 5.41) is 14.5. The van der Waals surface area contributed by atoms with Crippen LogP contribution in [0.1, 0.15) is 21.1 Å². The minimum Gasteiger partial charge on any atom is -0.344 e. The number of benzene rings is 2. The Balaban J connectivity index is 1.35. The molecule has 5 rings (SSSR count). The quantitative estimate of drug-likeness (QED) is 0.368. The lowest BCUT2D eigenvalue weighted by Crippen LogP contribution is -2.30. The van der Waals surface area contributed by atoms with E-state index < -0.39 is 0 Å². The lowest BCUT2D eigenvalue weighted by Gasteiger charge is -2.17. The van der Waals surface area contributed by atoms with E-state index in [0.717, 1.165) is 17.8 Å². The largest absolute Gasteiger partial charge is 0.344 e. The number of fused-ring (bicyclic) bond motifs is 1. The fourth-order valence-electron chi connectivity index (χ4n) is 3.84. The Bertz CT molecular complexity index is 1340. The van der Waals surface area contributed by atoms with E-state index in [-0.39, 0.29) is 24.1 Å². The minimum atomic E-state index is -0.173. The molecular formula is C24H20ClN5O2S2. The highest BCUT2D eigenvalue weighted by Gasteiger charge is 2.25. The maximum atomic E-state index is 13.0. The number of hydrogen-bond acceptors (Lipinski definition) is 6. The average Bonchev–Trinajstić information content (AvgIpc) is 3.60. The number of carbonyl (C=O) groups excluding carboxylic acids is 2. The summed E-state index contributed by atoms with van der Waals surface area (Å²) in [6, 6.07) is 18.9. The van der Waals surface area contributed by atoms with E-state index in [1.54, 1.807) is 18.2 Å². The molecule has 0 unspecified atom stereocenters. The van der Waals surface area contributed by atoms with Crippen LogP contribution in [0.5, 0.6) is 0 Å². The number of nitrogens with zero attached hydrogens (tertiary/aromatic N) is 4. The summed E-state index contributed by atoms with van der Waals surface area (Å²) in [7, 11) is 0. The maximum absolute atomic E-state index is 13.0. The molecule has 1 aliphatic heterocycles. The second-order valence-electron chi connectivity index (χ2n) is 7.59. The lowest BCUT2D eigenvalue weighted by molar-refractivity contribution is -0.116. The summed E-state index contributed by atoms with van der Waals surface area (Å²) in [6.07, 6.45) is 0.860. The molecule has 0 saturated carbocycles. The average molecular weight is 510 g/mol. The maximum Gasteiger partial charge on any atom is 0.261 e. The summed E-state index contributed by atoms with van der Waals surface area (Å²) < 4.78 is 1.83. The molecule has 4 aromatic rings. The molecule has 172 valence electrons. The van der Waals surface area contributed by atoms with Crippen molar-refractivity contribution in [1.82, 2.24) is 20.1 Å². The number of nitrogens with one attached hydrogen (secondary N) is 1. The second kappa shape index (κ2) is 10.0. The molecule has 2 aromatic heterocycles. The predicted molar refractivity (Wildman–Crippen MR) is 135 cm³/mol.